The zero-order valence-electron chi connectivity index (χ0n) is 11.0. The quantitative estimate of drug-likeness (QED) is 0.745. The van der Waals surface area contributed by atoms with Crippen molar-refractivity contribution >= 4 is 10.2 Å². The third kappa shape index (κ3) is 3.64. The van der Waals surface area contributed by atoms with E-state index in [9.17, 15) is 8.42 Å². The molecule has 0 spiro atoms. The van der Waals surface area contributed by atoms with E-state index < -0.39 is 10.2 Å². The molecule has 2 fully saturated rings. The number of morpholine rings is 1. The van der Waals surface area contributed by atoms with Gasteiger partial charge in [0.15, 0.2) is 0 Å². The van der Waals surface area contributed by atoms with Crippen LogP contribution in [-0.2, 0) is 14.9 Å². The normalized spacial score (nSPS) is 27.7. The zero-order chi connectivity index (χ0) is 13.0. The van der Waals surface area contributed by atoms with E-state index in [0.717, 1.165) is 45.7 Å². The van der Waals surface area contributed by atoms with Crippen LogP contribution in [0.1, 0.15) is 19.8 Å². The molecular formula is C11H23N3O3S. The van der Waals surface area contributed by atoms with Gasteiger partial charge in [0, 0.05) is 38.8 Å². The van der Waals surface area contributed by atoms with Crippen molar-refractivity contribution < 1.29 is 13.2 Å². The first kappa shape index (κ1) is 14.2. The van der Waals surface area contributed by atoms with Crippen LogP contribution in [0, 0.1) is 0 Å². The topological polar surface area (TPSA) is 61.9 Å². The predicted octanol–water partition coefficient (Wildman–Crippen LogP) is -0.363. The minimum absolute atomic E-state index is 0.130. The fourth-order valence-electron chi connectivity index (χ4n) is 2.50. The van der Waals surface area contributed by atoms with Gasteiger partial charge in [0.25, 0.3) is 10.2 Å². The number of nitrogens with zero attached hydrogens (tertiary/aromatic N) is 2. The molecular weight excluding hydrogens is 254 g/mol. The maximum absolute atomic E-state index is 12.1. The van der Waals surface area contributed by atoms with Crippen molar-refractivity contribution in [2.75, 3.05) is 45.9 Å². The van der Waals surface area contributed by atoms with Crippen LogP contribution in [0.15, 0.2) is 0 Å². The second-order valence-electron chi connectivity index (χ2n) is 4.96. The van der Waals surface area contributed by atoms with Gasteiger partial charge >= 0.3 is 0 Å². The average molecular weight is 277 g/mol. The lowest BCUT2D eigenvalue weighted by atomic mass is 10.3. The molecule has 0 aliphatic carbocycles. The Hall–Kier alpha value is -0.210. The summed E-state index contributed by atoms with van der Waals surface area (Å²) < 4.78 is 33.6. The minimum Gasteiger partial charge on any atom is -0.379 e. The van der Waals surface area contributed by atoms with Crippen LogP contribution in [0.25, 0.3) is 0 Å². The van der Waals surface area contributed by atoms with Crippen molar-refractivity contribution in [3.8, 4) is 0 Å². The molecule has 1 N–H and O–H groups in total. The van der Waals surface area contributed by atoms with Gasteiger partial charge < -0.3 is 4.74 Å². The molecule has 0 unspecified atom stereocenters. The predicted molar refractivity (Wildman–Crippen MR) is 69.6 cm³/mol. The van der Waals surface area contributed by atoms with Crippen LogP contribution in [0.4, 0.5) is 0 Å². The van der Waals surface area contributed by atoms with E-state index in [1.807, 2.05) is 6.92 Å². The molecule has 0 radical (unpaired) electrons. The third-order valence-corrected chi connectivity index (χ3v) is 5.35. The maximum atomic E-state index is 12.1. The van der Waals surface area contributed by atoms with E-state index in [1.165, 1.54) is 0 Å². The van der Waals surface area contributed by atoms with E-state index in [2.05, 4.69) is 9.62 Å². The average Bonchev–Trinajstić information content (AvgIpc) is 2.77. The Morgan fingerprint density at radius 1 is 1.28 bits per heavy atom. The Morgan fingerprint density at radius 2 is 2.00 bits per heavy atom. The van der Waals surface area contributed by atoms with Gasteiger partial charge in [-0.15, -0.1) is 0 Å². The molecule has 2 aliphatic heterocycles. The largest absolute Gasteiger partial charge is 0.379 e. The van der Waals surface area contributed by atoms with E-state index in [4.69, 9.17) is 4.74 Å². The van der Waals surface area contributed by atoms with Crippen LogP contribution in [-0.4, -0.2) is 69.6 Å². The first-order valence-electron chi connectivity index (χ1n) is 6.66. The lowest BCUT2D eigenvalue weighted by molar-refractivity contribution is 0.0390. The number of hydrogen-bond donors (Lipinski definition) is 1. The van der Waals surface area contributed by atoms with Crippen LogP contribution in [0.5, 0.6) is 0 Å². The lowest BCUT2D eigenvalue weighted by Gasteiger charge is -2.27. The molecule has 2 saturated heterocycles. The SMILES string of the molecule is C[C@H]1CCCN1S(=O)(=O)NCCN1CCOCC1. The highest BCUT2D eigenvalue weighted by Gasteiger charge is 2.30. The summed E-state index contributed by atoms with van der Waals surface area (Å²) in [5, 5.41) is 0. The van der Waals surface area contributed by atoms with Gasteiger partial charge in [0.05, 0.1) is 13.2 Å². The van der Waals surface area contributed by atoms with E-state index in [1.54, 1.807) is 4.31 Å². The number of ether oxygens (including phenoxy) is 1. The molecule has 0 aromatic rings. The molecule has 1 atom stereocenters. The number of rotatable bonds is 5. The summed E-state index contributed by atoms with van der Waals surface area (Å²) in [5.41, 5.74) is 0. The Balaban J connectivity index is 1.74. The molecule has 0 aromatic carbocycles. The molecule has 0 amide bonds. The van der Waals surface area contributed by atoms with Crippen LogP contribution < -0.4 is 4.72 Å². The number of nitrogens with one attached hydrogen (secondary N) is 1. The van der Waals surface area contributed by atoms with Gasteiger partial charge in [0.1, 0.15) is 0 Å². The van der Waals surface area contributed by atoms with Crippen molar-refractivity contribution in [3.05, 3.63) is 0 Å². The lowest BCUT2D eigenvalue weighted by Crippen LogP contribution is -2.46. The summed E-state index contributed by atoms with van der Waals surface area (Å²) in [6.07, 6.45) is 1.93. The van der Waals surface area contributed by atoms with Gasteiger partial charge in [0.2, 0.25) is 0 Å². The van der Waals surface area contributed by atoms with E-state index in [-0.39, 0.29) is 6.04 Å². The van der Waals surface area contributed by atoms with Crippen molar-refractivity contribution in [3.63, 3.8) is 0 Å². The molecule has 0 bridgehead atoms. The second kappa shape index (κ2) is 6.29. The highest BCUT2D eigenvalue weighted by molar-refractivity contribution is 7.87. The van der Waals surface area contributed by atoms with Gasteiger partial charge in [-0.2, -0.15) is 12.7 Å². The van der Waals surface area contributed by atoms with Crippen LogP contribution >= 0.6 is 0 Å². The monoisotopic (exact) mass is 277 g/mol. The van der Waals surface area contributed by atoms with Crippen molar-refractivity contribution in [2.24, 2.45) is 0 Å². The van der Waals surface area contributed by atoms with Crippen molar-refractivity contribution in [1.29, 1.82) is 0 Å². The maximum Gasteiger partial charge on any atom is 0.279 e. The molecule has 6 nitrogen and oxygen atoms in total. The molecule has 0 aromatic heterocycles. The van der Waals surface area contributed by atoms with Crippen molar-refractivity contribution in [1.82, 2.24) is 13.9 Å². The summed E-state index contributed by atoms with van der Waals surface area (Å²) >= 11 is 0. The summed E-state index contributed by atoms with van der Waals surface area (Å²) in [7, 11) is -3.28. The van der Waals surface area contributed by atoms with Crippen LogP contribution in [0.3, 0.4) is 0 Å². The molecule has 2 aliphatic rings. The summed E-state index contributed by atoms with van der Waals surface area (Å²) in [6, 6.07) is 0.130. The Kier molecular flexibility index (Phi) is 4.97. The molecule has 106 valence electrons. The standard InChI is InChI=1S/C11H23N3O3S/c1-11-3-2-5-14(11)18(15,16)12-4-6-13-7-9-17-10-8-13/h11-12H,2-10H2,1H3/t11-/m0/s1. The third-order valence-electron chi connectivity index (χ3n) is 3.62. The van der Waals surface area contributed by atoms with E-state index in [0.29, 0.717) is 13.1 Å². The highest BCUT2D eigenvalue weighted by Crippen LogP contribution is 2.19. The molecule has 7 heteroatoms. The van der Waals surface area contributed by atoms with Gasteiger partial charge in [-0.3, -0.25) is 4.90 Å². The molecule has 0 saturated carbocycles. The van der Waals surface area contributed by atoms with Gasteiger partial charge in [-0.05, 0) is 19.8 Å². The molecule has 2 heterocycles. The zero-order valence-corrected chi connectivity index (χ0v) is 11.8. The van der Waals surface area contributed by atoms with Crippen molar-refractivity contribution in [2.45, 2.75) is 25.8 Å². The molecule has 2 rings (SSSR count). The molecule has 18 heavy (non-hydrogen) atoms. The Morgan fingerprint density at radius 3 is 2.61 bits per heavy atom. The smallest absolute Gasteiger partial charge is 0.279 e. The Bertz CT molecular complexity index is 355. The summed E-state index contributed by atoms with van der Waals surface area (Å²) in [5.74, 6) is 0. The van der Waals surface area contributed by atoms with E-state index >= 15 is 0 Å². The Labute approximate surface area is 109 Å². The number of hydrogen-bond acceptors (Lipinski definition) is 4. The fraction of sp³-hybridized carbons (Fsp3) is 1.00. The first-order valence-corrected chi connectivity index (χ1v) is 8.10. The summed E-state index contributed by atoms with van der Waals surface area (Å²) in [4.78, 5) is 2.22. The highest BCUT2D eigenvalue weighted by atomic mass is 32.2. The van der Waals surface area contributed by atoms with Gasteiger partial charge in [-0.1, -0.05) is 0 Å². The van der Waals surface area contributed by atoms with Crippen LogP contribution in [0.2, 0.25) is 0 Å². The minimum atomic E-state index is -3.28. The summed E-state index contributed by atoms with van der Waals surface area (Å²) in [6.45, 7) is 7.12. The second-order valence-corrected chi connectivity index (χ2v) is 6.66. The fourth-order valence-corrected chi connectivity index (χ4v) is 3.97. The van der Waals surface area contributed by atoms with Gasteiger partial charge in [-0.25, -0.2) is 4.72 Å². The first-order chi connectivity index (χ1) is 8.59.